The lowest BCUT2D eigenvalue weighted by molar-refractivity contribution is -0.107. The topological polar surface area (TPSA) is 84.2 Å². The molecule has 0 atom stereocenters. The van der Waals surface area contributed by atoms with Crippen LogP contribution < -0.4 is 4.90 Å². The molecule has 5 rings (SSSR count). The predicted octanol–water partition coefficient (Wildman–Crippen LogP) is 3.51. The summed E-state index contributed by atoms with van der Waals surface area (Å²) in [5.41, 5.74) is 3.31. The second-order valence-corrected chi connectivity index (χ2v) is 8.96. The van der Waals surface area contributed by atoms with Gasteiger partial charge in [-0.25, -0.2) is 0 Å². The van der Waals surface area contributed by atoms with Crippen molar-refractivity contribution in [2.24, 2.45) is 7.05 Å². The maximum Gasteiger partial charge on any atom is 0.253 e. The van der Waals surface area contributed by atoms with Gasteiger partial charge in [0.2, 0.25) is 0 Å². The molecule has 178 valence electrons. The number of anilines is 1. The van der Waals surface area contributed by atoms with Crippen LogP contribution in [0.4, 0.5) is 5.82 Å². The zero-order chi connectivity index (χ0) is 24.4. The second-order valence-electron chi connectivity index (χ2n) is 8.96. The molecule has 1 fully saturated rings. The van der Waals surface area contributed by atoms with Gasteiger partial charge in [-0.3, -0.25) is 9.48 Å². The number of fused-ring (bicyclic) bond motifs is 1. The van der Waals surface area contributed by atoms with Gasteiger partial charge in [0.15, 0.2) is 5.82 Å². The lowest BCUT2D eigenvalue weighted by Crippen LogP contribution is -2.46. The Bertz CT molecular complexity index is 1360. The summed E-state index contributed by atoms with van der Waals surface area (Å²) in [4.78, 5) is 27.9. The van der Waals surface area contributed by atoms with Crippen LogP contribution >= 0.6 is 0 Å². The number of piperidine rings is 1. The van der Waals surface area contributed by atoms with Crippen LogP contribution in [0.1, 0.15) is 28.8 Å². The first-order valence-electron chi connectivity index (χ1n) is 11.9. The van der Waals surface area contributed by atoms with E-state index < -0.39 is 0 Å². The highest BCUT2D eigenvalue weighted by molar-refractivity contribution is 6.00. The van der Waals surface area contributed by atoms with Crippen molar-refractivity contribution in [2.75, 3.05) is 25.0 Å². The highest BCUT2D eigenvalue weighted by atomic mass is 16.2. The average molecular weight is 469 g/mol. The molecule has 0 aliphatic carbocycles. The molecule has 35 heavy (non-hydrogen) atoms. The maximum atomic E-state index is 13.0. The highest BCUT2D eigenvalue weighted by Gasteiger charge is 2.28. The number of nitrogens with zero attached hydrogens (tertiary/aromatic N) is 6. The van der Waals surface area contributed by atoms with Crippen molar-refractivity contribution in [3.63, 3.8) is 0 Å². The number of hydrogen-bond donors (Lipinski definition) is 0. The fourth-order valence-electron chi connectivity index (χ4n) is 4.83. The molecular formula is C27H28N6O2. The fourth-order valence-corrected chi connectivity index (χ4v) is 4.83. The number of aromatic nitrogens is 4. The number of carbonyl (C=O) groups excluding carboxylic acids is 2. The van der Waals surface area contributed by atoms with E-state index in [1.165, 1.54) is 0 Å². The van der Waals surface area contributed by atoms with Crippen molar-refractivity contribution >= 4 is 28.8 Å². The van der Waals surface area contributed by atoms with Gasteiger partial charge in [0.05, 0.1) is 5.69 Å². The third-order valence-corrected chi connectivity index (χ3v) is 6.88. The van der Waals surface area contributed by atoms with Crippen LogP contribution in [0.25, 0.3) is 22.2 Å². The Morgan fingerprint density at radius 2 is 1.74 bits per heavy atom. The minimum absolute atomic E-state index is 0.00637. The van der Waals surface area contributed by atoms with E-state index in [1.54, 1.807) is 18.3 Å². The molecular weight excluding hydrogens is 440 g/mol. The van der Waals surface area contributed by atoms with E-state index in [0.717, 1.165) is 65.8 Å². The molecule has 1 aliphatic heterocycles. The largest absolute Gasteiger partial charge is 0.354 e. The van der Waals surface area contributed by atoms with E-state index in [-0.39, 0.29) is 11.9 Å². The molecule has 1 amide bonds. The summed E-state index contributed by atoms with van der Waals surface area (Å²) in [7, 11) is 3.78. The molecule has 1 aliphatic rings. The molecule has 4 aromatic rings. The third-order valence-electron chi connectivity index (χ3n) is 6.88. The summed E-state index contributed by atoms with van der Waals surface area (Å²) >= 11 is 0. The number of hydrogen-bond acceptors (Lipinski definition) is 6. The fraction of sp³-hybridized carbons (Fsp3) is 0.296. The summed E-state index contributed by atoms with van der Waals surface area (Å²) in [6.07, 6.45) is 4.71. The van der Waals surface area contributed by atoms with Crippen molar-refractivity contribution in [3.8, 4) is 11.4 Å². The minimum atomic E-state index is 0.00637. The smallest absolute Gasteiger partial charge is 0.253 e. The zero-order valence-corrected chi connectivity index (χ0v) is 20.0. The van der Waals surface area contributed by atoms with Crippen molar-refractivity contribution in [1.82, 2.24) is 24.9 Å². The standard InChI is InChI=1S/C27H28N6O2/c1-31(27(35)20-9-7-19(8-10-20)14-18-34)21-12-16-33(17-13-21)26-23-6-4-3-5-22(23)25(29-30-26)24-11-15-28-32(24)2/h3-11,15,18,21H,12-14,16-17H2,1-2H3. The number of aldehydes is 1. The summed E-state index contributed by atoms with van der Waals surface area (Å²) in [6.45, 7) is 1.59. The average Bonchev–Trinajstić information content (AvgIpc) is 3.33. The van der Waals surface area contributed by atoms with Gasteiger partial charge in [-0.1, -0.05) is 36.4 Å². The van der Waals surface area contributed by atoms with Gasteiger partial charge in [-0.15, -0.1) is 10.2 Å². The Morgan fingerprint density at radius 3 is 2.40 bits per heavy atom. The number of aryl methyl sites for hydroxylation is 1. The van der Waals surface area contributed by atoms with Gasteiger partial charge in [0, 0.05) is 62.2 Å². The molecule has 0 bridgehead atoms. The zero-order valence-electron chi connectivity index (χ0n) is 20.0. The molecule has 2 aromatic carbocycles. The summed E-state index contributed by atoms with van der Waals surface area (Å²) in [5, 5.41) is 15.6. The van der Waals surface area contributed by atoms with Crippen LogP contribution in [0.5, 0.6) is 0 Å². The van der Waals surface area contributed by atoms with Gasteiger partial charge in [-0.2, -0.15) is 5.10 Å². The maximum absolute atomic E-state index is 13.0. The molecule has 3 heterocycles. The second kappa shape index (κ2) is 9.66. The minimum Gasteiger partial charge on any atom is -0.354 e. The van der Waals surface area contributed by atoms with E-state index in [0.29, 0.717) is 12.0 Å². The third kappa shape index (κ3) is 4.39. The Morgan fingerprint density at radius 1 is 1.03 bits per heavy atom. The Hall–Kier alpha value is -4.07. The Balaban J connectivity index is 1.31. The van der Waals surface area contributed by atoms with Crippen LogP contribution in [-0.2, 0) is 18.3 Å². The van der Waals surface area contributed by atoms with Crippen LogP contribution in [0.15, 0.2) is 60.8 Å². The number of amides is 1. The molecule has 0 unspecified atom stereocenters. The van der Waals surface area contributed by atoms with E-state index in [1.807, 2.05) is 54.0 Å². The van der Waals surface area contributed by atoms with E-state index >= 15 is 0 Å². The first kappa shape index (κ1) is 22.7. The van der Waals surface area contributed by atoms with Gasteiger partial charge >= 0.3 is 0 Å². The quantitative estimate of drug-likeness (QED) is 0.403. The van der Waals surface area contributed by atoms with E-state index in [2.05, 4.69) is 32.3 Å². The van der Waals surface area contributed by atoms with Crippen LogP contribution in [0, 0.1) is 0 Å². The van der Waals surface area contributed by atoms with Crippen LogP contribution in [-0.4, -0.2) is 63.3 Å². The van der Waals surface area contributed by atoms with Gasteiger partial charge in [-0.05, 0) is 36.6 Å². The molecule has 0 radical (unpaired) electrons. The first-order chi connectivity index (χ1) is 17.1. The predicted molar refractivity (Wildman–Crippen MR) is 135 cm³/mol. The molecule has 0 N–H and O–H groups in total. The van der Waals surface area contributed by atoms with Crippen molar-refractivity contribution in [3.05, 3.63) is 71.9 Å². The molecule has 2 aromatic heterocycles. The first-order valence-corrected chi connectivity index (χ1v) is 11.9. The van der Waals surface area contributed by atoms with Crippen LogP contribution in [0.3, 0.4) is 0 Å². The van der Waals surface area contributed by atoms with Gasteiger partial charge in [0.25, 0.3) is 5.91 Å². The van der Waals surface area contributed by atoms with Crippen molar-refractivity contribution < 1.29 is 9.59 Å². The lowest BCUT2D eigenvalue weighted by Gasteiger charge is -2.37. The summed E-state index contributed by atoms with van der Waals surface area (Å²) in [6, 6.07) is 17.6. The van der Waals surface area contributed by atoms with Crippen molar-refractivity contribution in [2.45, 2.75) is 25.3 Å². The highest BCUT2D eigenvalue weighted by Crippen LogP contribution is 2.32. The SMILES string of the molecule is CN(C(=O)c1ccc(CC=O)cc1)C1CCN(c2nnc(-c3ccnn3C)c3ccccc23)CC1. The number of rotatable bonds is 6. The molecule has 0 saturated carbocycles. The Labute approximate surface area is 204 Å². The van der Waals surface area contributed by atoms with Crippen molar-refractivity contribution in [1.29, 1.82) is 0 Å². The number of benzene rings is 2. The molecule has 0 spiro atoms. The summed E-state index contributed by atoms with van der Waals surface area (Å²) < 4.78 is 1.81. The molecule has 8 heteroatoms. The lowest BCUT2D eigenvalue weighted by atomic mass is 10.0. The monoisotopic (exact) mass is 468 g/mol. The van der Waals surface area contributed by atoms with Gasteiger partial charge < -0.3 is 14.6 Å². The van der Waals surface area contributed by atoms with Gasteiger partial charge in [0.1, 0.15) is 12.0 Å². The van der Waals surface area contributed by atoms with E-state index in [9.17, 15) is 9.59 Å². The van der Waals surface area contributed by atoms with E-state index in [4.69, 9.17) is 0 Å². The normalized spacial score (nSPS) is 14.3. The molecule has 8 nitrogen and oxygen atoms in total. The van der Waals surface area contributed by atoms with Crippen LogP contribution in [0.2, 0.25) is 0 Å². The Kier molecular flexibility index (Phi) is 6.27. The summed E-state index contributed by atoms with van der Waals surface area (Å²) in [5.74, 6) is 0.886. The number of carbonyl (C=O) groups is 2. The molecule has 1 saturated heterocycles.